The fraction of sp³-hybridized carbons (Fsp3) is 0.303. The average Bonchev–Trinajstić information content (AvgIpc) is 3.84. The van der Waals surface area contributed by atoms with E-state index in [0.717, 1.165) is 47.6 Å². The summed E-state index contributed by atoms with van der Waals surface area (Å²) >= 11 is 2.98. The number of hydrogen-bond acceptors (Lipinski definition) is 16. The zero-order valence-corrected chi connectivity index (χ0v) is 29.5. The van der Waals surface area contributed by atoms with Crippen LogP contribution in [0.5, 0.6) is 0 Å². The van der Waals surface area contributed by atoms with Crippen molar-refractivity contribution in [1.82, 2.24) is 15.0 Å². The summed E-state index contributed by atoms with van der Waals surface area (Å²) in [6.07, 6.45) is 0. The highest BCUT2D eigenvalue weighted by molar-refractivity contribution is 7.14. The van der Waals surface area contributed by atoms with Crippen molar-refractivity contribution in [3.8, 4) is 0 Å². The first-order chi connectivity index (χ1) is 24.0. The summed E-state index contributed by atoms with van der Waals surface area (Å²) in [5, 5.41) is 49.9. The van der Waals surface area contributed by atoms with E-state index in [2.05, 4.69) is 78.6 Å². The smallest absolute Gasteiger partial charge is 0.235 e. The van der Waals surface area contributed by atoms with Gasteiger partial charge in [-0.25, -0.2) is 0 Å². The Hall–Kier alpha value is -5.03. The molecule has 14 nitrogen and oxygen atoms in total. The summed E-state index contributed by atoms with van der Waals surface area (Å²) in [5.74, 6) is 0.365. The number of nitrogens with one attached hydrogen (secondary N) is 2. The third-order valence-electron chi connectivity index (χ3n) is 7.48. The van der Waals surface area contributed by atoms with Crippen LogP contribution in [0, 0.1) is 0 Å². The molecule has 0 amide bonds. The van der Waals surface area contributed by atoms with E-state index in [1.165, 1.54) is 27.6 Å². The molecule has 3 heterocycles. The van der Waals surface area contributed by atoms with Gasteiger partial charge < -0.3 is 30.6 Å². The number of rotatable bonds is 17. The van der Waals surface area contributed by atoms with Gasteiger partial charge in [0.1, 0.15) is 34.8 Å². The van der Waals surface area contributed by atoms with Crippen LogP contribution in [0.1, 0.15) is 27.7 Å². The molecule has 0 atom stereocenters. The second kappa shape index (κ2) is 17.4. The fourth-order valence-corrected chi connectivity index (χ4v) is 5.97. The largest absolute Gasteiger partial charge is 0.376 e. The maximum atomic E-state index is 10.0. The monoisotopic (exact) mass is 700 g/mol. The molecule has 0 saturated carbocycles. The highest BCUT2D eigenvalue weighted by Gasteiger charge is 2.17. The van der Waals surface area contributed by atoms with E-state index in [1.54, 1.807) is 0 Å². The maximum Gasteiger partial charge on any atom is 0.235 e. The molecule has 256 valence electrons. The highest BCUT2D eigenvalue weighted by Crippen LogP contribution is 2.36. The Balaban J connectivity index is 1.57. The second-order valence-corrected chi connectivity index (χ2v) is 12.3. The van der Waals surface area contributed by atoms with Crippen molar-refractivity contribution in [2.75, 3.05) is 65.0 Å². The lowest BCUT2D eigenvalue weighted by molar-refractivity contribution is 0.220. The van der Waals surface area contributed by atoms with Crippen molar-refractivity contribution in [2.24, 2.45) is 20.5 Å². The highest BCUT2D eigenvalue weighted by atomic mass is 32.1. The predicted octanol–water partition coefficient (Wildman–Crippen LogP) is 8.71. The number of aliphatic hydroxyl groups excluding tert-OH is 2. The molecule has 2 aromatic carbocycles. The van der Waals surface area contributed by atoms with Crippen LogP contribution in [-0.2, 0) is 0 Å². The van der Waals surface area contributed by atoms with Gasteiger partial charge >= 0.3 is 0 Å². The molecule has 0 spiro atoms. The van der Waals surface area contributed by atoms with Gasteiger partial charge in [-0.05, 0) is 99.1 Å². The Morgan fingerprint density at radius 1 is 0.592 bits per heavy atom. The second-order valence-electron chi connectivity index (χ2n) is 10.4. The Morgan fingerprint density at radius 3 is 1.41 bits per heavy atom. The van der Waals surface area contributed by atoms with Gasteiger partial charge in [0.15, 0.2) is 0 Å². The molecule has 5 aromatic rings. The van der Waals surface area contributed by atoms with E-state index in [9.17, 15) is 10.2 Å². The summed E-state index contributed by atoms with van der Waals surface area (Å²) in [4.78, 5) is 19.4. The lowest BCUT2D eigenvalue weighted by atomic mass is 10.2. The molecule has 0 aliphatic heterocycles. The molecule has 0 bridgehead atoms. The molecule has 49 heavy (non-hydrogen) atoms. The molecule has 0 fully saturated rings. The quantitative estimate of drug-likeness (QED) is 0.0545. The zero-order chi connectivity index (χ0) is 34.6. The number of benzene rings is 2. The summed E-state index contributed by atoms with van der Waals surface area (Å²) in [5.41, 5.74) is 4.34. The van der Waals surface area contributed by atoms with Crippen molar-refractivity contribution in [1.29, 1.82) is 0 Å². The van der Waals surface area contributed by atoms with Gasteiger partial charge in [0, 0.05) is 37.6 Å². The third-order valence-corrected chi connectivity index (χ3v) is 8.99. The Kier molecular flexibility index (Phi) is 12.5. The molecule has 5 rings (SSSR count). The van der Waals surface area contributed by atoms with Crippen LogP contribution in [0.4, 0.5) is 62.0 Å². The van der Waals surface area contributed by atoms with Crippen LogP contribution in [0.2, 0.25) is 0 Å². The first kappa shape index (κ1) is 35.3. The van der Waals surface area contributed by atoms with Gasteiger partial charge in [-0.1, -0.05) is 0 Å². The van der Waals surface area contributed by atoms with Crippen molar-refractivity contribution < 1.29 is 10.2 Å². The van der Waals surface area contributed by atoms with Gasteiger partial charge in [0.05, 0.1) is 11.4 Å². The number of hydrogen-bond donors (Lipinski definition) is 4. The summed E-state index contributed by atoms with van der Waals surface area (Å²) in [6, 6.07) is 19.4. The normalized spacial score (nSPS) is 11.4. The summed E-state index contributed by atoms with van der Waals surface area (Å²) in [7, 11) is 0. The molecule has 0 unspecified atom stereocenters. The molecule has 16 heteroatoms. The van der Waals surface area contributed by atoms with Gasteiger partial charge in [-0.15, -0.1) is 43.1 Å². The van der Waals surface area contributed by atoms with Crippen molar-refractivity contribution in [3.63, 3.8) is 0 Å². The molecule has 3 aromatic heterocycles. The molecular formula is C33H40N12O2S2. The van der Waals surface area contributed by atoms with E-state index < -0.39 is 13.5 Å². The van der Waals surface area contributed by atoms with E-state index in [4.69, 9.17) is 4.98 Å². The lowest BCUT2D eigenvalue weighted by Gasteiger charge is -2.23. The van der Waals surface area contributed by atoms with Gasteiger partial charge in [-0.2, -0.15) is 15.0 Å². The topological polar surface area (TPSA) is 162 Å². The predicted molar refractivity (Wildman–Crippen MR) is 200 cm³/mol. The van der Waals surface area contributed by atoms with Crippen LogP contribution >= 0.6 is 22.7 Å². The summed E-state index contributed by atoms with van der Waals surface area (Å²) < 4.78 is 0. The van der Waals surface area contributed by atoms with Gasteiger partial charge in [-0.3, -0.25) is 4.90 Å². The molecular weight excluding hydrogens is 661 g/mol. The Bertz CT molecular complexity index is 1700. The minimum absolute atomic E-state index is 0.0494. The number of aliphatic hydroxyl groups is 2. The van der Waals surface area contributed by atoms with Crippen LogP contribution in [-0.4, -0.2) is 64.8 Å². The van der Waals surface area contributed by atoms with E-state index in [0.29, 0.717) is 22.7 Å². The summed E-state index contributed by atoms with van der Waals surface area (Å²) in [6.45, 7) is 10.6. The number of azo groups is 2. The standard InChI is InChI=1S/C33H40N12O2S2/c1-5-43(6-2)23-13-15-25(39-41-29-11-9-17-48-29)27(19-23)34-31-36-32(38-33(37-31)45(21-46)22-47)35-28-20-24(44(7-3)8-4)14-16-26(28)40-42-30-12-10-18-49-30/h9-20,46-47H,5-8,21-22H2,1-4H3,(H2,34,35,36,37,38). The Labute approximate surface area is 293 Å². The van der Waals surface area contributed by atoms with Crippen LogP contribution in [0.3, 0.4) is 0 Å². The number of nitrogens with zero attached hydrogens (tertiary/aromatic N) is 10. The maximum absolute atomic E-state index is 10.0. The van der Waals surface area contributed by atoms with Gasteiger partial charge in [0.2, 0.25) is 17.8 Å². The van der Waals surface area contributed by atoms with Crippen LogP contribution in [0.25, 0.3) is 0 Å². The minimum atomic E-state index is -0.519. The van der Waals surface area contributed by atoms with Crippen LogP contribution in [0.15, 0.2) is 91.9 Å². The minimum Gasteiger partial charge on any atom is -0.376 e. The van der Waals surface area contributed by atoms with E-state index in [1.807, 2.05) is 71.4 Å². The molecule has 0 aliphatic rings. The number of anilines is 7. The number of thiophene rings is 2. The number of aromatic nitrogens is 3. The van der Waals surface area contributed by atoms with Crippen molar-refractivity contribution >= 4 is 84.6 Å². The third kappa shape index (κ3) is 9.11. The van der Waals surface area contributed by atoms with E-state index >= 15 is 0 Å². The molecule has 0 radical (unpaired) electrons. The van der Waals surface area contributed by atoms with E-state index in [-0.39, 0.29) is 17.8 Å². The average molecular weight is 701 g/mol. The molecule has 4 N–H and O–H groups in total. The van der Waals surface area contributed by atoms with Crippen LogP contribution < -0.4 is 25.3 Å². The van der Waals surface area contributed by atoms with Gasteiger partial charge in [0.25, 0.3) is 0 Å². The fourth-order valence-electron chi connectivity index (χ4n) is 4.88. The van der Waals surface area contributed by atoms with Crippen molar-refractivity contribution in [2.45, 2.75) is 27.7 Å². The molecule has 0 aliphatic carbocycles. The first-order valence-corrected chi connectivity index (χ1v) is 17.7. The zero-order valence-electron chi connectivity index (χ0n) is 27.9. The van der Waals surface area contributed by atoms with Crippen molar-refractivity contribution in [3.05, 3.63) is 71.4 Å². The SMILES string of the molecule is CCN(CC)c1ccc(N=Nc2cccs2)c(Nc2nc(Nc3cc(N(CC)CC)ccc3N=Nc3cccs3)nc(N(CO)CO)n2)c1. The lowest BCUT2D eigenvalue weighted by Crippen LogP contribution is -2.27. The first-order valence-electron chi connectivity index (χ1n) is 15.9. The Morgan fingerprint density at radius 2 is 1.04 bits per heavy atom. The molecule has 0 saturated heterocycles.